The standard InChI is InChI=1S/C31H37N3O5/c1-7-17-34(29(37)26(20(2)3)33-30(38)39-31(4,5)6)27(23-13-10-14-25(35)19-23)28(36)32-24-16-15-21-11-8-9-12-22(21)18-24/h7-16,18-20,26-27,35H,1,17H2,2-6H3,(H,32,36)(H,33,38). The number of rotatable bonds is 9. The minimum Gasteiger partial charge on any atom is -0.508 e. The number of fused-ring (bicyclic) bond motifs is 1. The number of phenols is 1. The Kier molecular flexibility index (Phi) is 9.35. The number of amides is 3. The lowest BCUT2D eigenvalue weighted by Crippen LogP contribution is -2.54. The number of aromatic hydroxyl groups is 1. The summed E-state index contributed by atoms with van der Waals surface area (Å²) in [6, 6.07) is 17.4. The van der Waals surface area contributed by atoms with Gasteiger partial charge in [-0.25, -0.2) is 4.79 Å². The average Bonchev–Trinajstić information content (AvgIpc) is 2.85. The number of nitrogens with one attached hydrogen (secondary N) is 2. The van der Waals surface area contributed by atoms with Crippen molar-refractivity contribution in [1.29, 1.82) is 0 Å². The zero-order chi connectivity index (χ0) is 28.7. The van der Waals surface area contributed by atoms with Crippen LogP contribution in [0, 0.1) is 5.92 Å². The molecule has 0 aliphatic rings. The highest BCUT2D eigenvalue weighted by molar-refractivity contribution is 6.00. The van der Waals surface area contributed by atoms with Gasteiger partial charge in [0.1, 0.15) is 23.4 Å². The molecule has 0 saturated carbocycles. The van der Waals surface area contributed by atoms with E-state index in [1.807, 2.05) is 36.4 Å². The third-order valence-corrected chi connectivity index (χ3v) is 5.98. The van der Waals surface area contributed by atoms with Crippen molar-refractivity contribution in [2.24, 2.45) is 5.92 Å². The van der Waals surface area contributed by atoms with Gasteiger partial charge >= 0.3 is 6.09 Å². The Morgan fingerprint density at radius 2 is 1.69 bits per heavy atom. The Balaban J connectivity index is 2.00. The summed E-state index contributed by atoms with van der Waals surface area (Å²) in [5.41, 5.74) is 0.213. The van der Waals surface area contributed by atoms with Crippen molar-refractivity contribution in [2.45, 2.75) is 52.3 Å². The van der Waals surface area contributed by atoms with Crippen molar-refractivity contribution in [2.75, 3.05) is 11.9 Å². The van der Waals surface area contributed by atoms with E-state index in [0.29, 0.717) is 11.3 Å². The van der Waals surface area contributed by atoms with E-state index in [1.165, 1.54) is 23.1 Å². The van der Waals surface area contributed by atoms with Crippen molar-refractivity contribution in [3.63, 3.8) is 0 Å². The van der Waals surface area contributed by atoms with Crippen LogP contribution in [0.5, 0.6) is 5.75 Å². The number of alkyl carbamates (subject to hydrolysis) is 1. The van der Waals surface area contributed by atoms with E-state index in [2.05, 4.69) is 17.2 Å². The van der Waals surface area contributed by atoms with Crippen molar-refractivity contribution in [1.82, 2.24) is 10.2 Å². The zero-order valence-corrected chi connectivity index (χ0v) is 23.1. The second-order valence-electron chi connectivity index (χ2n) is 10.7. The second-order valence-corrected chi connectivity index (χ2v) is 10.7. The number of carbonyl (C=O) groups excluding carboxylic acids is 3. The first-order valence-corrected chi connectivity index (χ1v) is 12.9. The number of nitrogens with zero attached hydrogens (tertiary/aromatic N) is 1. The maximum atomic E-state index is 14.0. The maximum Gasteiger partial charge on any atom is 0.408 e. The Morgan fingerprint density at radius 3 is 2.31 bits per heavy atom. The molecule has 0 radical (unpaired) electrons. The number of hydrogen-bond donors (Lipinski definition) is 3. The van der Waals surface area contributed by atoms with Crippen LogP contribution < -0.4 is 10.6 Å². The lowest BCUT2D eigenvalue weighted by Gasteiger charge is -2.35. The first-order valence-electron chi connectivity index (χ1n) is 12.9. The fraction of sp³-hybridized carbons (Fsp3) is 0.323. The van der Waals surface area contributed by atoms with Crippen LogP contribution in [-0.2, 0) is 14.3 Å². The van der Waals surface area contributed by atoms with Crippen LogP contribution in [0.2, 0.25) is 0 Å². The van der Waals surface area contributed by atoms with Gasteiger partial charge in [-0.15, -0.1) is 6.58 Å². The van der Waals surface area contributed by atoms with Gasteiger partial charge in [-0.1, -0.05) is 62.4 Å². The smallest absolute Gasteiger partial charge is 0.408 e. The molecule has 2 unspecified atom stereocenters. The van der Waals surface area contributed by atoms with Crippen molar-refractivity contribution < 1.29 is 24.2 Å². The quantitative estimate of drug-likeness (QED) is 0.303. The highest BCUT2D eigenvalue weighted by Gasteiger charge is 2.37. The van der Waals surface area contributed by atoms with Crippen LogP contribution in [-0.4, -0.2) is 46.1 Å². The van der Waals surface area contributed by atoms with Crippen LogP contribution in [0.15, 0.2) is 79.4 Å². The third-order valence-electron chi connectivity index (χ3n) is 5.98. The van der Waals surface area contributed by atoms with Gasteiger partial charge in [-0.2, -0.15) is 0 Å². The van der Waals surface area contributed by atoms with Gasteiger partial charge in [0, 0.05) is 12.2 Å². The second kappa shape index (κ2) is 12.5. The first-order chi connectivity index (χ1) is 18.4. The lowest BCUT2D eigenvalue weighted by molar-refractivity contribution is -0.141. The number of phenolic OH excluding ortho intramolecular Hbond substituents is 1. The summed E-state index contributed by atoms with van der Waals surface area (Å²) in [5, 5.41) is 17.8. The summed E-state index contributed by atoms with van der Waals surface area (Å²) in [6.45, 7) is 12.6. The summed E-state index contributed by atoms with van der Waals surface area (Å²) in [7, 11) is 0. The number of ether oxygens (including phenoxy) is 1. The SMILES string of the molecule is C=CCN(C(=O)C(NC(=O)OC(C)(C)C)C(C)C)C(C(=O)Nc1ccc2ccccc2c1)c1cccc(O)c1. The van der Waals surface area contributed by atoms with Crippen LogP contribution in [0.1, 0.15) is 46.2 Å². The number of carbonyl (C=O) groups is 3. The van der Waals surface area contributed by atoms with Crippen LogP contribution in [0.4, 0.5) is 10.5 Å². The summed E-state index contributed by atoms with van der Waals surface area (Å²) < 4.78 is 5.38. The van der Waals surface area contributed by atoms with Gasteiger partial charge in [0.25, 0.3) is 5.91 Å². The largest absolute Gasteiger partial charge is 0.508 e. The van der Waals surface area contributed by atoms with E-state index in [0.717, 1.165) is 10.8 Å². The molecule has 0 heterocycles. The Labute approximate surface area is 229 Å². The van der Waals surface area contributed by atoms with E-state index in [4.69, 9.17) is 4.74 Å². The molecular formula is C31H37N3O5. The molecule has 3 aromatic carbocycles. The fourth-order valence-corrected chi connectivity index (χ4v) is 4.23. The van der Waals surface area contributed by atoms with Gasteiger partial charge in [-0.05, 0) is 67.3 Å². The number of hydrogen-bond acceptors (Lipinski definition) is 5. The van der Waals surface area contributed by atoms with Crippen molar-refractivity contribution in [3.8, 4) is 5.75 Å². The van der Waals surface area contributed by atoms with Crippen molar-refractivity contribution in [3.05, 3.63) is 84.9 Å². The topological polar surface area (TPSA) is 108 Å². The van der Waals surface area contributed by atoms with Crippen LogP contribution >= 0.6 is 0 Å². The zero-order valence-electron chi connectivity index (χ0n) is 23.1. The van der Waals surface area contributed by atoms with Gasteiger partial charge in [0.05, 0.1) is 0 Å². The Hall–Kier alpha value is -4.33. The molecule has 206 valence electrons. The summed E-state index contributed by atoms with van der Waals surface area (Å²) in [5.74, 6) is -1.33. The normalized spacial score (nSPS) is 12.9. The Bertz CT molecular complexity index is 1350. The first kappa shape index (κ1) is 29.2. The molecule has 0 aliphatic carbocycles. The third kappa shape index (κ3) is 7.83. The van der Waals surface area contributed by atoms with Gasteiger partial charge in [0.2, 0.25) is 5.91 Å². The molecule has 3 amide bonds. The summed E-state index contributed by atoms with van der Waals surface area (Å²) in [6.07, 6.45) is 0.782. The average molecular weight is 532 g/mol. The van der Waals surface area contributed by atoms with Crippen molar-refractivity contribution >= 4 is 34.4 Å². The highest BCUT2D eigenvalue weighted by Crippen LogP contribution is 2.28. The predicted octanol–water partition coefficient (Wildman–Crippen LogP) is 5.79. The molecule has 0 fully saturated rings. The summed E-state index contributed by atoms with van der Waals surface area (Å²) in [4.78, 5) is 41.8. The molecule has 39 heavy (non-hydrogen) atoms. The minimum atomic E-state index is -1.13. The van der Waals surface area contributed by atoms with Gasteiger partial charge < -0.3 is 25.4 Å². The molecule has 0 aliphatic heterocycles. The molecule has 3 rings (SSSR count). The van der Waals surface area contributed by atoms with Crippen LogP contribution in [0.3, 0.4) is 0 Å². The molecule has 0 bridgehead atoms. The molecule has 8 nitrogen and oxygen atoms in total. The predicted molar refractivity (Wildman–Crippen MR) is 153 cm³/mol. The number of anilines is 1. The minimum absolute atomic E-state index is 0.0174. The molecule has 0 spiro atoms. The molecule has 8 heteroatoms. The summed E-state index contributed by atoms with van der Waals surface area (Å²) >= 11 is 0. The lowest BCUT2D eigenvalue weighted by atomic mass is 9.98. The fourth-order valence-electron chi connectivity index (χ4n) is 4.23. The molecular weight excluding hydrogens is 494 g/mol. The molecule has 3 aromatic rings. The van der Waals surface area contributed by atoms with Gasteiger partial charge in [-0.3, -0.25) is 9.59 Å². The van der Waals surface area contributed by atoms with Crippen LogP contribution in [0.25, 0.3) is 10.8 Å². The number of benzene rings is 3. The van der Waals surface area contributed by atoms with E-state index in [1.54, 1.807) is 52.8 Å². The molecule has 3 N–H and O–H groups in total. The van der Waals surface area contributed by atoms with Gasteiger partial charge in [0.15, 0.2) is 0 Å². The van der Waals surface area contributed by atoms with E-state index < -0.39 is 35.6 Å². The van der Waals surface area contributed by atoms with E-state index in [9.17, 15) is 19.5 Å². The molecule has 0 aromatic heterocycles. The monoisotopic (exact) mass is 531 g/mol. The molecule has 2 atom stereocenters. The van der Waals surface area contributed by atoms with E-state index >= 15 is 0 Å². The highest BCUT2D eigenvalue weighted by atomic mass is 16.6. The molecule has 0 saturated heterocycles. The Morgan fingerprint density at radius 1 is 1.00 bits per heavy atom. The van der Waals surface area contributed by atoms with E-state index in [-0.39, 0.29) is 18.2 Å². The maximum absolute atomic E-state index is 14.0.